The number of nitrogens with zero attached hydrogens (tertiary/aromatic N) is 2. The maximum absolute atomic E-state index is 12.5. The van der Waals surface area contributed by atoms with Crippen molar-refractivity contribution in [3.8, 4) is 5.75 Å². The molecule has 1 aromatic rings. The topological polar surface area (TPSA) is 102 Å². The largest absolute Gasteiger partial charge is 0.496 e. The van der Waals surface area contributed by atoms with Crippen LogP contribution in [-0.2, 0) is 9.53 Å². The zero-order valence-electron chi connectivity index (χ0n) is 15.0. The highest BCUT2D eigenvalue weighted by Crippen LogP contribution is 2.46. The zero-order valence-corrected chi connectivity index (χ0v) is 15.0. The third-order valence-electron chi connectivity index (χ3n) is 5.05. The number of carbonyl (C=O) groups excluding carboxylic acids is 1. The van der Waals surface area contributed by atoms with Crippen molar-refractivity contribution >= 4 is 11.6 Å². The monoisotopic (exact) mass is 362 g/mol. The Kier molecular flexibility index (Phi) is 4.62. The molecule has 1 unspecified atom stereocenters. The SMILES string of the molecule is CCOC1=CC(=O)N([C@@H]2c3cc([N+](=O)[O-])ccc3OC(C)(CC)[C@H]2O)C1. The smallest absolute Gasteiger partial charge is 0.270 e. The zero-order chi connectivity index (χ0) is 19.1. The average Bonchev–Trinajstić information content (AvgIpc) is 2.96. The molecule has 0 spiro atoms. The molecule has 1 N–H and O–H groups in total. The van der Waals surface area contributed by atoms with Crippen LogP contribution in [-0.4, -0.2) is 45.7 Å². The molecule has 0 fully saturated rings. The Morgan fingerprint density at radius 2 is 2.19 bits per heavy atom. The van der Waals surface area contributed by atoms with Gasteiger partial charge in [0.05, 0.1) is 24.1 Å². The molecule has 1 amide bonds. The molecule has 0 saturated heterocycles. The quantitative estimate of drug-likeness (QED) is 0.637. The van der Waals surface area contributed by atoms with Crippen LogP contribution in [0.25, 0.3) is 0 Å². The van der Waals surface area contributed by atoms with Crippen LogP contribution in [0.2, 0.25) is 0 Å². The predicted octanol–water partition coefficient (Wildman–Crippen LogP) is 2.32. The van der Waals surface area contributed by atoms with Crippen LogP contribution in [0.15, 0.2) is 30.0 Å². The highest BCUT2D eigenvalue weighted by molar-refractivity contribution is 5.91. The van der Waals surface area contributed by atoms with E-state index in [0.29, 0.717) is 30.1 Å². The summed E-state index contributed by atoms with van der Waals surface area (Å²) in [6.45, 7) is 6.11. The summed E-state index contributed by atoms with van der Waals surface area (Å²) in [7, 11) is 0. The highest BCUT2D eigenvalue weighted by atomic mass is 16.6. The van der Waals surface area contributed by atoms with E-state index in [1.165, 1.54) is 29.2 Å². The van der Waals surface area contributed by atoms with Crippen molar-refractivity contribution in [1.82, 2.24) is 4.90 Å². The van der Waals surface area contributed by atoms with Crippen LogP contribution in [0.3, 0.4) is 0 Å². The number of nitro benzene ring substituents is 1. The molecule has 1 aromatic carbocycles. The van der Waals surface area contributed by atoms with Gasteiger partial charge in [-0.15, -0.1) is 0 Å². The van der Waals surface area contributed by atoms with E-state index in [1.54, 1.807) is 6.92 Å². The molecule has 140 valence electrons. The molecule has 0 radical (unpaired) electrons. The number of hydrogen-bond donors (Lipinski definition) is 1. The Labute approximate surface area is 151 Å². The van der Waals surface area contributed by atoms with Crippen molar-refractivity contribution < 1.29 is 24.3 Å². The minimum atomic E-state index is -1.04. The van der Waals surface area contributed by atoms with Gasteiger partial charge in [-0.2, -0.15) is 0 Å². The molecule has 8 nitrogen and oxygen atoms in total. The summed E-state index contributed by atoms with van der Waals surface area (Å²) in [6, 6.07) is 3.49. The highest BCUT2D eigenvalue weighted by Gasteiger charge is 2.49. The second kappa shape index (κ2) is 6.60. The van der Waals surface area contributed by atoms with Crippen molar-refractivity contribution in [2.45, 2.75) is 44.9 Å². The van der Waals surface area contributed by atoms with Gasteiger partial charge >= 0.3 is 0 Å². The second-order valence-electron chi connectivity index (χ2n) is 6.65. The number of ether oxygens (including phenoxy) is 2. The summed E-state index contributed by atoms with van der Waals surface area (Å²) >= 11 is 0. The van der Waals surface area contributed by atoms with Gasteiger partial charge in [0.1, 0.15) is 23.2 Å². The van der Waals surface area contributed by atoms with Gasteiger partial charge < -0.3 is 19.5 Å². The first-order valence-corrected chi connectivity index (χ1v) is 8.60. The molecule has 0 aromatic heterocycles. The Bertz CT molecular complexity index is 777. The van der Waals surface area contributed by atoms with Crippen LogP contribution < -0.4 is 4.74 Å². The number of amides is 1. The summed E-state index contributed by atoms with van der Waals surface area (Å²) < 4.78 is 11.4. The van der Waals surface area contributed by atoms with E-state index < -0.39 is 22.7 Å². The lowest BCUT2D eigenvalue weighted by Crippen LogP contribution is -2.55. The van der Waals surface area contributed by atoms with Gasteiger partial charge in [-0.05, 0) is 26.3 Å². The molecular formula is C18H22N2O6. The van der Waals surface area contributed by atoms with Crippen molar-refractivity contribution in [3.63, 3.8) is 0 Å². The molecule has 2 heterocycles. The standard InChI is InChI=1S/C18H22N2O6/c1-4-18(3)17(22)16(19-10-12(25-5-2)9-15(19)21)13-8-11(20(23)24)6-7-14(13)26-18/h6-9,16-17,22H,4-5,10H2,1-3H3/t16-,17+,18?/m1/s1. The van der Waals surface area contributed by atoms with Crippen molar-refractivity contribution in [3.05, 3.63) is 45.7 Å². The van der Waals surface area contributed by atoms with Crippen molar-refractivity contribution in [2.75, 3.05) is 13.2 Å². The number of aliphatic hydroxyl groups is 1. The maximum Gasteiger partial charge on any atom is 0.270 e. The number of nitro groups is 1. The molecule has 2 aliphatic heterocycles. The van der Waals surface area contributed by atoms with Gasteiger partial charge in [0.2, 0.25) is 0 Å². The second-order valence-corrected chi connectivity index (χ2v) is 6.65. The fraction of sp³-hybridized carbons (Fsp3) is 0.500. The van der Waals surface area contributed by atoms with Gasteiger partial charge in [0.25, 0.3) is 11.6 Å². The fourth-order valence-corrected chi connectivity index (χ4v) is 3.43. The number of carbonyl (C=O) groups is 1. The van der Waals surface area contributed by atoms with E-state index in [-0.39, 0.29) is 18.1 Å². The Morgan fingerprint density at radius 1 is 1.46 bits per heavy atom. The van der Waals surface area contributed by atoms with Crippen molar-refractivity contribution in [1.29, 1.82) is 0 Å². The average molecular weight is 362 g/mol. The van der Waals surface area contributed by atoms with Gasteiger partial charge in [0, 0.05) is 23.8 Å². The number of aliphatic hydroxyl groups excluding tert-OH is 1. The molecule has 0 bridgehead atoms. The van der Waals surface area contributed by atoms with Crippen molar-refractivity contribution in [2.24, 2.45) is 0 Å². The Hall–Kier alpha value is -2.61. The first-order valence-electron chi connectivity index (χ1n) is 8.60. The fourth-order valence-electron chi connectivity index (χ4n) is 3.43. The predicted molar refractivity (Wildman–Crippen MR) is 92.6 cm³/mol. The third-order valence-corrected chi connectivity index (χ3v) is 5.05. The summed E-state index contributed by atoms with van der Waals surface area (Å²) in [5.74, 6) is 0.657. The molecule has 8 heteroatoms. The molecule has 3 atom stereocenters. The number of rotatable bonds is 5. The van der Waals surface area contributed by atoms with Gasteiger partial charge in [-0.3, -0.25) is 14.9 Å². The number of benzene rings is 1. The Balaban J connectivity index is 2.06. The van der Waals surface area contributed by atoms with Gasteiger partial charge in [0.15, 0.2) is 0 Å². The molecule has 3 rings (SSSR count). The number of non-ortho nitro benzene ring substituents is 1. The first-order chi connectivity index (χ1) is 12.3. The minimum absolute atomic E-state index is 0.116. The minimum Gasteiger partial charge on any atom is -0.496 e. The van der Waals surface area contributed by atoms with E-state index in [2.05, 4.69) is 0 Å². The number of hydrogen-bond acceptors (Lipinski definition) is 6. The lowest BCUT2D eigenvalue weighted by Gasteiger charge is -2.46. The lowest BCUT2D eigenvalue weighted by molar-refractivity contribution is -0.385. The number of fused-ring (bicyclic) bond motifs is 1. The van der Waals surface area contributed by atoms with Crippen LogP contribution in [0.4, 0.5) is 5.69 Å². The lowest BCUT2D eigenvalue weighted by atomic mass is 9.82. The summed E-state index contributed by atoms with van der Waals surface area (Å²) in [5.41, 5.74) is -0.603. The molecule has 26 heavy (non-hydrogen) atoms. The maximum atomic E-state index is 12.5. The van der Waals surface area contributed by atoms with E-state index in [4.69, 9.17) is 9.47 Å². The molecular weight excluding hydrogens is 340 g/mol. The van der Waals surface area contributed by atoms with Crippen LogP contribution >= 0.6 is 0 Å². The van der Waals surface area contributed by atoms with Gasteiger partial charge in [-0.25, -0.2) is 0 Å². The summed E-state index contributed by atoms with van der Waals surface area (Å²) in [5, 5.41) is 22.2. The van der Waals surface area contributed by atoms with Gasteiger partial charge in [-0.1, -0.05) is 6.92 Å². The summed E-state index contributed by atoms with van der Waals surface area (Å²) in [6.07, 6.45) is 0.862. The van der Waals surface area contributed by atoms with Crippen LogP contribution in [0.5, 0.6) is 5.75 Å². The van der Waals surface area contributed by atoms with Crippen LogP contribution in [0.1, 0.15) is 38.8 Å². The molecule has 2 aliphatic rings. The first kappa shape index (κ1) is 18.2. The molecule has 0 aliphatic carbocycles. The van der Waals surface area contributed by atoms with E-state index in [0.717, 1.165) is 0 Å². The molecule has 0 saturated carbocycles. The van der Waals surface area contributed by atoms with E-state index in [1.807, 2.05) is 13.8 Å². The normalized spacial score (nSPS) is 27.6. The van der Waals surface area contributed by atoms with E-state index in [9.17, 15) is 20.0 Å². The van der Waals surface area contributed by atoms with E-state index >= 15 is 0 Å². The van der Waals surface area contributed by atoms with Crippen LogP contribution in [0, 0.1) is 10.1 Å². The third kappa shape index (κ3) is 2.90. The Morgan fingerprint density at radius 3 is 2.81 bits per heavy atom. The summed E-state index contributed by atoms with van der Waals surface area (Å²) in [4.78, 5) is 24.7.